The first-order valence-corrected chi connectivity index (χ1v) is 5.89. The quantitative estimate of drug-likeness (QED) is 0.667. The molecule has 2 aromatic rings. The standard InChI is InChI=1S/C9H7Cl2NO2S/c1-4(10)15-8-3-7-6(2-5(8)11)12-9(13)14-7/h2-4H,1H3,(H,12,13). The summed E-state index contributed by atoms with van der Waals surface area (Å²) in [5.41, 5.74) is 1.08. The Labute approximate surface area is 99.7 Å². The summed E-state index contributed by atoms with van der Waals surface area (Å²) in [6, 6.07) is 3.36. The molecular formula is C9H7Cl2NO2S. The van der Waals surface area contributed by atoms with Gasteiger partial charge in [0, 0.05) is 4.90 Å². The summed E-state index contributed by atoms with van der Waals surface area (Å²) in [5, 5.41) is 0.553. The van der Waals surface area contributed by atoms with E-state index in [9.17, 15) is 4.79 Å². The molecule has 0 aliphatic carbocycles. The number of aromatic amines is 1. The number of aromatic nitrogens is 1. The van der Waals surface area contributed by atoms with E-state index in [1.165, 1.54) is 11.8 Å². The molecule has 0 bridgehead atoms. The fourth-order valence-corrected chi connectivity index (χ4v) is 2.50. The van der Waals surface area contributed by atoms with Crippen LogP contribution in [-0.4, -0.2) is 9.69 Å². The molecule has 1 aromatic heterocycles. The molecule has 0 saturated heterocycles. The molecule has 1 N–H and O–H groups in total. The fourth-order valence-electron chi connectivity index (χ4n) is 1.22. The molecule has 15 heavy (non-hydrogen) atoms. The van der Waals surface area contributed by atoms with Crippen LogP contribution >= 0.6 is 35.0 Å². The maximum atomic E-state index is 10.9. The smallest absolute Gasteiger partial charge is 0.408 e. The van der Waals surface area contributed by atoms with Crippen molar-refractivity contribution in [1.29, 1.82) is 0 Å². The lowest BCUT2D eigenvalue weighted by Gasteiger charge is -2.04. The van der Waals surface area contributed by atoms with Crippen molar-refractivity contribution in [2.45, 2.75) is 16.5 Å². The van der Waals surface area contributed by atoms with Gasteiger partial charge in [-0.1, -0.05) is 11.6 Å². The van der Waals surface area contributed by atoms with Crippen molar-refractivity contribution >= 4 is 46.1 Å². The number of rotatable bonds is 2. The van der Waals surface area contributed by atoms with Gasteiger partial charge >= 0.3 is 5.76 Å². The average molecular weight is 264 g/mol. The van der Waals surface area contributed by atoms with E-state index in [1.54, 1.807) is 12.1 Å². The molecule has 1 heterocycles. The van der Waals surface area contributed by atoms with Crippen LogP contribution in [0.3, 0.4) is 0 Å². The molecule has 0 saturated carbocycles. The summed E-state index contributed by atoms with van der Waals surface area (Å²) in [4.78, 5) is 14.3. The highest BCUT2D eigenvalue weighted by Gasteiger charge is 2.09. The van der Waals surface area contributed by atoms with Crippen LogP contribution in [0.2, 0.25) is 5.02 Å². The maximum Gasteiger partial charge on any atom is 0.417 e. The van der Waals surface area contributed by atoms with Gasteiger partial charge in [-0.15, -0.1) is 23.4 Å². The van der Waals surface area contributed by atoms with Crippen molar-refractivity contribution in [1.82, 2.24) is 4.98 Å². The van der Waals surface area contributed by atoms with Crippen LogP contribution in [0.25, 0.3) is 11.1 Å². The van der Waals surface area contributed by atoms with Gasteiger partial charge in [0.25, 0.3) is 0 Å². The first-order valence-electron chi connectivity index (χ1n) is 4.19. The molecule has 1 atom stereocenters. The van der Waals surface area contributed by atoms with Crippen molar-refractivity contribution in [3.8, 4) is 0 Å². The van der Waals surface area contributed by atoms with Gasteiger partial charge in [-0.25, -0.2) is 4.79 Å². The van der Waals surface area contributed by atoms with Crippen molar-refractivity contribution < 1.29 is 4.42 Å². The van der Waals surface area contributed by atoms with Gasteiger partial charge in [0.2, 0.25) is 0 Å². The zero-order valence-electron chi connectivity index (χ0n) is 7.71. The largest absolute Gasteiger partial charge is 0.417 e. The molecule has 1 aromatic carbocycles. The Morgan fingerprint density at radius 1 is 1.53 bits per heavy atom. The number of hydrogen-bond donors (Lipinski definition) is 1. The number of benzene rings is 1. The normalized spacial score (nSPS) is 13.3. The van der Waals surface area contributed by atoms with Crippen molar-refractivity contribution in [2.24, 2.45) is 0 Å². The predicted octanol–water partition coefficient (Wildman–Crippen LogP) is 3.45. The SMILES string of the molecule is CC(Cl)Sc1cc2oc(=O)[nH]c2cc1Cl. The maximum absolute atomic E-state index is 10.9. The van der Waals surface area contributed by atoms with E-state index in [1.807, 2.05) is 6.92 Å². The zero-order valence-corrected chi connectivity index (χ0v) is 10.0. The molecule has 80 valence electrons. The van der Waals surface area contributed by atoms with E-state index in [-0.39, 0.29) is 4.71 Å². The highest BCUT2D eigenvalue weighted by molar-refractivity contribution is 8.01. The van der Waals surface area contributed by atoms with Crippen LogP contribution < -0.4 is 5.76 Å². The molecule has 0 fully saturated rings. The van der Waals surface area contributed by atoms with Crippen LogP contribution in [0.4, 0.5) is 0 Å². The third-order valence-electron chi connectivity index (χ3n) is 1.76. The Kier molecular flexibility index (Phi) is 3.00. The second-order valence-corrected chi connectivity index (χ2v) is 5.66. The number of halogens is 2. The summed E-state index contributed by atoms with van der Waals surface area (Å²) in [6.45, 7) is 1.85. The number of H-pyrrole nitrogens is 1. The number of alkyl halides is 1. The molecule has 0 amide bonds. The zero-order chi connectivity index (χ0) is 11.0. The number of hydrogen-bond acceptors (Lipinski definition) is 3. The molecule has 0 aliphatic heterocycles. The van der Waals surface area contributed by atoms with Gasteiger partial charge in [0.05, 0.1) is 15.2 Å². The van der Waals surface area contributed by atoms with E-state index >= 15 is 0 Å². The molecule has 3 nitrogen and oxygen atoms in total. The third-order valence-corrected chi connectivity index (χ3v) is 3.37. The molecule has 0 radical (unpaired) electrons. The first kappa shape index (κ1) is 10.9. The van der Waals surface area contributed by atoms with Gasteiger partial charge < -0.3 is 4.42 Å². The highest BCUT2D eigenvalue weighted by atomic mass is 35.5. The Balaban J connectivity index is 2.56. The molecule has 0 aliphatic rings. The Morgan fingerprint density at radius 3 is 2.93 bits per heavy atom. The Morgan fingerprint density at radius 2 is 2.27 bits per heavy atom. The van der Waals surface area contributed by atoms with Crippen molar-refractivity contribution in [2.75, 3.05) is 0 Å². The average Bonchev–Trinajstić information content (AvgIpc) is 2.44. The Bertz CT molecular complexity index is 547. The topological polar surface area (TPSA) is 46.0 Å². The van der Waals surface area contributed by atoms with E-state index in [2.05, 4.69) is 4.98 Å². The molecular weight excluding hydrogens is 257 g/mol. The summed E-state index contributed by atoms with van der Waals surface area (Å²) in [7, 11) is 0. The summed E-state index contributed by atoms with van der Waals surface area (Å²) in [6.07, 6.45) is 0. The van der Waals surface area contributed by atoms with Crippen LogP contribution in [0, 0.1) is 0 Å². The lowest BCUT2D eigenvalue weighted by atomic mass is 10.3. The third kappa shape index (κ3) is 2.33. The van der Waals surface area contributed by atoms with E-state index in [4.69, 9.17) is 27.6 Å². The van der Waals surface area contributed by atoms with Crippen LogP contribution in [0.1, 0.15) is 6.92 Å². The molecule has 0 spiro atoms. The minimum Gasteiger partial charge on any atom is -0.408 e. The first-order chi connectivity index (χ1) is 7.06. The van der Waals surface area contributed by atoms with Crippen molar-refractivity contribution in [3.63, 3.8) is 0 Å². The molecule has 6 heteroatoms. The molecule has 1 unspecified atom stereocenters. The highest BCUT2D eigenvalue weighted by Crippen LogP contribution is 2.34. The van der Waals surface area contributed by atoms with Gasteiger partial charge in [-0.05, 0) is 19.1 Å². The number of fused-ring (bicyclic) bond motifs is 1. The number of thioether (sulfide) groups is 1. The monoisotopic (exact) mass is 263 g/mol. The van der Waals surface area contributed by atoms with Crippen LogP contribution in [-0.2, 0) is 0 Å². The van der Waals surface area contributed by atoms with Gasteiger partial charge in [-0.3, -0.25) is 4.98 Å². The summed E-state index contributed by atoms with van der Waals surface area (Å²) < 4.78 is 4.83. The number of nitrogens with one attached hydrogen (secondary N) is 1. The van der Waals surface area contributed by atoms with Crippen molar-refractivity contribution in [3.05, 3.63) is 27.7 Å². The lowest BCUT2D eigenvalue weighted by molar-refractivity contribution is 0.555. The van der Waals surface area contributed by atoms with Gasteiger partial charge in [0.15, 0.2) is 5.58 Å². The lowest BCUT2D eigenvalue weighted by Crippen LogP contribution is -1.92. The minimum atomic E-state index is -0.484. The molecule has 2 rings (SSSR count). The van der Waals surface area contributed by atoms with E-state index in [0.717, 1.165) is 4.90 Å². The summed E-state index contributed by atoms with van der Waals surface area (Å²) >= 11 is 13.3. The second kappa shape index (κ2) is 4.12. The van der Waals surface area contributed by atoms with Crippen LogP contribution in [0.5, 0.6) is 0 Å². The predicted molar refractivity (Wildman–Crippen MR) is 63.0 cm³/mol. The van der Waals surface area contributed by atoms with Crippen LogP contribution in [0.15, 0.2) is 26.2 Å². The minimum absolute atomic E-state index is 0.0920. The Hall–Kier alpha value is -0.580. The summed E-state index contributed by atoms with van der Waals surface area (Å²) in [5.74, 6) is -0.484. The van der Waals surface area contributed by atoms with Gasteiger partial charge in [-0.2, -0.15) is 0 Å². The van der Waals surface area contributed by atoms with E-state index in [0.29, 0.717) is 16.1 Å². The van der Waals surface area contributed by atoms with E-state index < -0.39 is 5.76 Å². The van der Waals surface area contributed by atoms with Gasteiger partial charge in [0.1, 0.15) is 0 Å². The second-order valence-electron chi connectivity index (χ2n) is 2.95. The fraction of sp³-hybridized carbons (Fsp3) is 0.222. The number of oxazole rings is 1.